The molecule has 21 heavy (non-hydrogen) atoms. The first-order chi connectivity index (χ1) is 10.3. The van der Waals surface area contributed by atoms with Crippen molar-refractivity contribution in [2.24, 2.45) is 5.92 Å². The zero-order chi connectivity index (χ0) is 14.4. The van der Waals surface area contributed by atoms with Crippen LogP contribution in [0.4, 0.5) is 5.69 Å². The minimum atomic E-state index is 0.210. The van der Waals surface area contributed by atoms with E-state index in [4.69, 9.17) is 23.2 Å². The van der Waals surface area contributed by atoms with E-state index in [1.165, 1.54) is 5.56 Å². The number of anilines is 1. The summed E-state index contributed by atoms with van der Waals surface area (Å²) in [4.78, 5) is 4.25. The summed E-state index contributed by atoms with van der Waals surface area (Å²) < 4.78 is 0. The highest BCUT2D eigenvalue weighted by atomic mass is 35.5. The second-order valence-corrected chi connectivity index (χ2v) is 6.39. The maximum absolute atomic E-state index is 6.43. The molecular weight excluding hydrogens is 303 g/mol. The number of fused-ring (bicyclic) bond motifs is 3. The predicted octanol–water partition coefficient (Wildman–Crippen LogP) is 5.21. The molecule has 3 atom stereocenters. The van der Waals surface area contributed by atoms with Gasteiger partial charge in [-0.2, -0.15) is 0 Å². The van der Waals surface area contributed by atoms with Gasteiger partial charge in [-0.3, -0.25) is 4.98 Å². The van der Waals surface area contributed by atoms with E-state index in [0.29, 0.717) is 11.8 Å². The number of rotatable bonds is 1. The van der Waals surface area contributed by atoms with Crippen molar-refractivity contribution in [3.05, 3.63) is 70.0 Å². The van der Waals surface area contributed by atoms with Crippen LogP contribution in [0.5, 0.6) is 0 Å². The molecule has 0 saturated carbocycles. The molecule has 2 nitrogen and oxygen atoms in total. The Kier molecular flexibility index (Phi) is 3.16. The molecule has 1 N–H and O–H groups in total. The third-order valence-electron chi connectivity index (χ3n) is 4.46. The van der Waals surface area contributed by atoms with Crippen LogP contribution in [0.25, 0.3) is 0 Å². The van der Waals surface area contributed by atoms with Crippen molar-refractivity contribution in [2.45, 2.75) is 18.4 Å². The lowest BCUT2D eigenvalue weighted by atomic mass is 9.77. The lowest BCUT2D eigenvalue weighted by Crippen LogP contribution is -2.29. The Hall–Kier alpha value is -1.51. The van der Waals surface area contributed by atoms with Gasteiger partial charge in [0.15, 0.2) is 0 Å². The van der Waals surface area contributed by atoms with Gasteiger partial charge in [-0.05, 0) is 36.1 Å². The van der Waals surface area contributed by atoms with E-state index in [1.807, 2.05) is 24.4 Å². The molecule has 4 rings (SSSR count). The first-order valence-electron chi connectivity index (χ1n) is 7.06. The van der Waals surface area contributed by atoms with Gasteiger partial charge in [-0.15, -0.1) is 0 Å². The minimum absolute atomic E-state index is 0.210. The van der Waals surface area contributed by atoms with Crippen molar-refractivity contribution in [3.8, 4) is 0 Å². The van der Waals surface area contributed by atoms with Crippen molar-refractivity contribution in [1.82, 2.24) is 4.98 Å². The smallest absolute Gasteiger partial charge is 0.0641 e. The molecule has 1 aromatic heterocycles. The van der Waals surface area contributed by atoms with Gasteiger partial charge in [0.05, 0.1) is 16.8 Å². The number of hydrogen-bond donors (Lipinski definition) is 1. The van der Waals surface area contributed by atoms with Gasteiger partial charge < -0.3 is 5.32 Å². The highest BCUT2D eigenvalue weighted by Crippen LogP contribution is 2.53. The Bertz CT molecular complexity index is 712. The third kappa shape index (κ3) is 2.05. The molecular formula is C17H14Cl2N2. The monoisotopic (exact) mass is 316 g/mol. The molecule has 2 heterocycles. The van der Waals surface area contributed by atoms with Crippen LogP contribution in [-0.2, 0) is 0 Å². The lowest BCUT2D eigenvalue weighted by Gasteiger charge is -2.38. The Labute approximate surface area is 133 Å². The Balaban J connectivity index is 1.86. The molecule has 0 fully saturated rings. The van der Waals surface area contributed by atoms with Crippen LogP contribution in [0.15, 0.2) is 48.8 Å². The van der Waals surface area contributed by atoms with E-state index < -0.39 is 0 Å². The van der Waals surface area contributed by atoms with Crippen LogP contribution >= 0.6 is 23.2 Å². The molecule has 106 valence electrons. The van der Waals surface area contributed by atoms with Crippen molar-refractivity contribution in [1.29, 1.82) is 0 Å². The fraction of sp³-hybridized carbons (Fsp3) is 0.235. The molecule has 2 aliphatic rings. The zero-order valence-electron chi connectivity index (χ0n) is 11.3. The highest BCUT2D eigenvalue weighted by molar-refractivity contribution is 6.36. The van der Waals surface area contributed by atoms with E-state index in [9.17, 15) is 0 Å². The number of pyridine rings is 1. The number of allylic oxidation sites excluding steroid dienone is 2. The van der Waals surface area contributed by atoms with Crippen LogP contribution in [0, 0.1) is 5.92 Å². The maximum atomic E-state index is 6.43. The van der Waals surface area contributed by atoms with E-state index in [-0.39, 0.29) is 6.04 Å². The van der Waals surface area contributed by atoms with Gasteiger partial charge in [0, 0.05) is 28.9 Å². The van der Waals surface area contributed by atoms with Crippen molar-refractivity contribution >= 4 is 28.9 Å². The fourth-order valence-electron chi connectivity index (χ4n) is 3.52. The Morgan fingerprint density at radius 2 is 2.00 bits per heavy atom. The molecule has 1 aliphatic heterocycles. The summed E-state index contributed by atoms with van der Waals surface area (Å²) in [5.74, 6) is 0.773. The lowest BCUT2D eigenvalue weighted by molar-refractivity contribution is 0.425. The zero-order valence-corrected chi connectivity index (χ0v) is 12.8. The molecule has 0 unspecified atom stereocenters. The summed E-state index contributed by atoms with van der Waals surface area (Å²) in [6.45, 7) is 0. The molecule has 1 aromatic carbocycles. The number of benzene rings is 1. The van der Waals surface area contributed by atoms with Crippen LogP contribution in [0.3, 0.4) is 0 Å². The second-order valence-electron chi connectivity index (χ2n) is 5.58. The third-order valence-corrected chi connectivity index (χ3v) is 5.10. The Morgan fingerprint density at radius 1 is 1.14 bits per heavy atom. The predicted molar refractivity (Wildman–Crippen MR) is 87.1 cm³/mol. The summed E-state index contributed by atoms with van der Waals surface area (Å²) in [6.07, 6.45) is 9.27. The quantitative estimate of drug-likeness (QED) is 0.730. The molecule has 4 heteroatoms. The maximum Gasteiger partial charge on any atom is 0.0641 e. The van der Waals surface area contributed by atoms with Gasteiger partial charge in [-0.25, -0.2) is 0 Å². The van der Waals surface area contributed by atoms with Crippen molar-refractivity contribution < 1.29 is 0 Å². The van der Waals surface area contributed by atoms with Crippen molar-refractivity contribution in [2.75, 3.05) is 5.32 Å². The first kappa shape index (κ1) is 13.2. The van der Waals surface area contributed by atoms with Crippen LogP contribution in [-0.4, -0.2) is 4.98 Å². The van der Waals surface area contributed by atoms with Crippen LogP contribution in [0.1, 0.15) is 29.5 Å². The fourth-order valence-corrected chi connectivity index (χ4v) is 4.02. The average Bonchev–Trinajstić information content (AvgIpc) is 3.00. The largest absolute Gasteiger partial charge is 0.376 e. The summed E-state index contributed by atoms with van der Waals surface area (Å²) in [7, 11) is 0. The molecule has 1 aliphatic carbocycles. The second kappa shape index (κ2) is 5.04. The number of nitrogens with zero attached hydrogens (tertiary/aromatic N) is 1. The molecule has 0 amide bonds. The van der Waals surface area contributed by atoms with Crippen LogP contribution in [0.2, 0.25) is 10.0 Å². The van der Waals surface area contributed by atoms with Crippen molar-refractivity contribution in [3.63, 3.8) is 0 Å². The van der Waals surface area contributed by atoms with Gasteiger partial charge in [-0.1, -0.05) is 41.4 Å². The number of halogens is 2. The average molecular weight is 317 g/mol. The number of aromatic nitrogens is 1. The highest BCUT2D eigenvalue weighted by Gasteiger charge is 2.39. The normalized spacial score (nSPS) is 26.1. The van der Waals surface area contributed by atoms with E-state index in [2.05, 4.69) is 28.5 Å². The number of nitrogens with one attached hydrogen (secondary N) is 1. The van der Waals surface area contributed by atoms with Gasteiger partial charge in [0.1, 0.15) is 0 Å². The minimum Gasteiger partial charge on any atom is -0.376 e. The van der Waals surface area contributed by atoms with Crippen LogP contribution < -0.4 is 5.32 Å². The first-order valence-corrected chi connectivity index (χ1v) is 7.82. The van der Waals surface area contributed by atoms with E-state index in [1.54, 1.807) is 6.20 Å². The molecule has 0 bridgehead atoms. The van der Waals surface area contributed by atoms with Gasteiger partial charge in [0.25, 0.3) is 0 Å². The SMILES string of the molecule is Clc1ccc(Cl)c2c1N[C@@H](c1cccnc1)[C@H]1CC=C[C@@H]21. The molecule has 0 radical (unpaired) electrons. The summed E-state index contributed by atoms with van der Waals surface area (Å²) in [5, 5.41) is 5.11. The Morgan fingerprint density at radius 3 is 2.81 bits per heavy atom. The molecule has 0 spiro atoms. The van der Waals surface area contributed by atoms with E-state index in [0.717, 1.165) is 27.7 Å². The molecule has 0 saturated heterocycles. The summed E-state index contributed by atoms with van der Waals surface area (Å²) in [5.41, 5.74) is 3.28. The summed E-state index contributed by atoms with van der Waals surface area (Å²) >= 11 is 12.8. The topological polar surface area (TPSA) is 24.9 Å². The summed E-state index contributed by atoms with van der Waals surface area (Å²) in [6, 6.07) is 8.04. The van der Waals surface area contributed by atoms with Gasteiger partial charge >= 0.3 is 0 Å². The van der Waals surface area contributed by atoms with E-state index >= 15 is 0 Å². The molecule has 2 aromatic rings. The number of hydrogen-bond acceptors (Lipinski definition) is 2. The standard InChI is InChI=1S/C17H14Cl2N2/c18-13-6-7-14(19)17-15(13)11-4-1-5-12(11)16(21-17)10-3-2-8-20-9-10/h1-4,6-9,11-12,16,21H,5H2/t11-,12+,16+/m1/s1. The van der Waals surface area contributed by atoms with Gasteiger partial charge in [0.2, 0.25) is 0 Å².